The van der Waals surface area contributed by atoms with Gasteiger partial charge in [0.25, 0.3) is 5.91 Å². The zero-order valence-corrected chi connectivity index (χ0v) is 13.5. The number of rotatable bonds is 9. The van der Waals surface area contributed by atoms with Gasteiger partial charge in [0, 0.05) is 25.7 Å². The summed E-state index contributed by atoms with van der Waals surface area (Å²) in [5, 5.41) is 11.6. The van der Waals surface area contributed by atoms with E-state index in [-0.39, 0.29) is 18.6 Å². The number of carboxylic acids is 1. The van der Waals surface area contributed by atoms with Gasteiger partial charge in [-0.25, -0.2) is 4.79 Å². The minimum absolute atomic E-state index is 0.155. The number of methoxy groups -OCH3 is 4. The number of carbonyl (C=O) groups is 2. The van der Waals surface area contributed by atoms with E-state index in [1.54, 1.807) is 0 Å². The molecular formula is C15H21NO7. The molecule has 2 N–H and O–H groups in total. The second kappa shape index (κ2) is 8.84. The minimum Gasteiger partial charge on any atom is -0.493 e. The first-order valence-corrected chi connectivity index (χ1v) is 6.81. The number of aliphatic carboxylic acids is 1. The molecule has 0 heterocycles. The van der Waals surface area contributed by atoms with E-state index in [4.69, 9.17) is 24.1 Å². The third-order valence-corrected chi connectivity index (χ3v) is 3.14. The molecule has 1 amide bonds. The van der Waals surface area contributed by atoms with Gasteiger partial charge in [-0.2, -0.15) is 0 Å². The van der Waals surface area contributed by atoms with Crippen molar-refractivity contribution in [1.82, 2.24) is 5.32 Å². The van der Waals surface area contributed by atoms with Crippen LogP contribution in [0.4, 0.5) is 0 Å². The summed E-state index contributed by atoms with van der Waals surface area (Å²) < 4.78 is 20.3. The maximum Gasteiger partial charge on any atom is 0.326 e. The summed E-state index contributed by atoms with van der Waals surface area (Å²) >= 11 is 0. The molecule has 0 saturated heterocycles. The Morgan fingerprint density at radius 3 is 2.04 bits per heavy atom. The lowest BCUT2D eigenvalue weighted by molar-refractivity contribution is -0.139. The second-order valence-corrected chi connectivity index (χ2v) is 4.56. The van der Waals surface area contributed by atoms with Crippen LogP contribution in [0.15, 0.2) is 12.1 Å². The summed E-state index contributed by atoms with van der Waals surface area (Å²) in [6.45, 7) is 0.215. The lowest BCUT2D eigenvalue weighted by Gasteiger charge is -2.16. The van der Waals surface area contributed by atoms with Crippen LogP contribution in [0.2, 0.25) is 0 Å². The number of hydrogen-bond donors (Lipinski definition) is 2. The number of benzene rings is 1. The number of carbonyl (C=O) groups excluding carboxylic acids is 1. The Bertz CT molecular complexity index is 534. The van der Waals surface area contributed by atoms with Gasteiger partial charge in [0.15, 0.2) is 11.5 Å². The molecule has 1 aromatic carbocycles. The first-order chi connectivity index (χ1) is 11.0. The second-order valence-electron chi connectivity index (χ2n) is 4.56. The zero-order chi connectivity index (χ0) is 17.4. The summed E-state index contributed by atoms with van der Waals surface area (Å²) in [6.07, 6.45) is 0.155. The topological polar surface area (TPSA) is 103 Å². The van der Waals surface area contributed by atoms with E-state index in [0.717, 1.165) is 0 Å². The van der Waals surface area contributed by atoms with E-state index in [9.17, 15) is 9.59 Å². The number of ether oxygens (including phenoxy) is 4. The highest BCUT2D eigenvalue weighted by Crippen LogP contribution is 2.38. The first-order valence-electron chi connectivity index (χ1n) is 6.81. The normalized spacial score (nSPS) is 11.5. The van der Waals surface area contributed by atoms with Crippen LogP contribution in [-0.4, -0.2) is 58.1 Å². The summed E-state index contributed by atoms with van der Waals surface area (Å²) in [7, 11) is 5.76. The van der Waals surface area contributed by atoms with Gasteiger partial charge in [-0.05, 0) is 12.1 Å². The predicted molar refractivity (Wildman–Crippen MR) is 81.5 cm³/mol. The highest BCUT2D eigenvalue weighted by molar-refractivity contribution is 5.97. The highest BCUT2D eigenvalue weighted by Gasteiger charge is 2.22. The molecule has 8 nitrogen and oxygen atoms in total. The molecule has 0 bridgehead atoms. The van der Waals surface area contributed by atoms with Crippen molar-refractivity contribution in [2.45, 2.75) is 12.5 Å². The van der Waals surface area contributed by atoms with Crippen molar-refractivity contribution in [3.05, 3.63) is 17.7 Å². The van der Waals surface area contributed by atoms with Crippen LogP contribution in [0.1, 0.15) is 16.8 Å². The molecule has 8 heteroatoms. The Morgan fingerprint density at radius 2 is 1.65 bits per heavy atom. The monoisotopic (exact) mass is 327 g/mol. The third-order valence-electron chi connectivity index (χ3n) is 3.14. The molecule has 0 aromatic heterocycles. The molecule has 1 rings (SSSR count). The maximum atomic E-state index is 12.3. The molecule has 1 aromatic rings. The average Bonchev–Trinajstić information content (AvgIpc) is 2.56. The molecule has 0 spiro atoms. The maximum absolute atomic E-state index is 12.3. The minimum atomic E-state index is -1.14. The van der Waals surface area contributed by atoms with E-state index in [0.29, 0.717) is 17.2 Å². The van der Waals surface area contributed by atoms with Gasteiger partial charge in [0.2, 0.25) is 5.75 Å². The van der Waals surface area contributed by atoms with Crippen molar-refractivity contribution in [2.75, 3.05) is 35.0 Å². The van der Waals surface area contributed by atoms with Gasteiger partial charge in [-0.1, -0.05) is 0 Å². The Morgan fingerprint density at radius 1 is 1.09 bits per heavy atom. The van der Waals surface area contributed by atoms with Gasteiger partial charge in [-0.3, -0.25) is 4.79 Å². The van der Waals surface area contributed by atoms with E-state index in [1.165, 1.54) is 40.6 Å². The molecule has 0 saturated carbocycles. The smallest absolute Gasteiger partial charge is 0.326 e. The molecule has 1 unspecified atom stereocenters. The van der Waals surface area contributed by atoms with Crippen molar-refractivity contribution in [3.63, 3.8) is 0 Å². The van der Waals surface area contributed by atoms with E-state index < -0.39 is 17.9 Å². The van der Waals surface area contributed by atoms with E-state index >= 15 is 0 Å². The Hall–Kier alpha value is -2.48. The van der Waals surface area contributed by atoms with Crippen LogP contribution in [0.5, 0.6) is 17.2 Å². The Kier molecular flexibility index (Phi) is 7.14. The lowest BCUT2D eigenvalue weighted by atomic mass is 10.1. The van der Waals surface area contributed by atoms with Gasteiger partial charge in [-0.15, -0.1) is 0 Å². The van der Waals surface area contributed by atoms with E-state index in [2.05, 4.69) is 5.32 Å². The van der Waals surface area contributed by atoms with Crippen molar-refractivity contribution >= 4 is 11.9 Å². The first kappa shape index (κ1) is 18.6. The summed E-state index contributed by atoms with van der Waals surface area (Å²) in [6, 6.07) is 1.85. The Labute approximate surface area is 134 Å². The summed E-state index contributed by atoms with van der Waals surface area (Å²) in [4.78, 5) is 23.5. The van der Waals surface area contributed by atoms with Crippen LogP contribution in [-0.2, 0) is 9.53 Å². The molecule has 128 valence electrons. The SMILES string of the molecule is COCCC(NC(=O)c1cc(OC)c(OC)c(OC)c1)C(=O)O. The summed E-state index contributed by atoms with van der Waals surface area (Å²) in [5.41, 5.74) is 0.197. The highest BCUT2D eigenvalue weighted by atomic mass is 16.5. The molecule has 0 aliphatic rings. The molecule has 1 atom stereocenters. The average molecular weight is 327 g/mol. The van der Waals surface area contributed by atoms with Gasteiger partial charge in [0.05, 0.1) is 21.3 Å². The fourth-order valence-electron chi connectivity index (χ4n) is 1.95. The van der Waals surface area contributed by atoms with Crippen LogP contribution < -0.4 is 19.5 Å². The predicted octanol–water partition coefficient (Wildman–Crippen LogP) is 0.932. The Balaban J connectivity index is 3.04. The molecule has 0 aliphatic carbocycles. The molecule has 0 fully saturated rings. The molecule has 0 radical (unpaired) electrons. The number of amides is 1. The molecular weight excluding hydrogens is 306 g/mol. The van der Waals surface area contributed by atoms with Crippen LogP contribution in [0.25, 0.3) is 0 Å². The fourth-order valence-corrected chi connectivity index (χ4v) is 1.95. The van der Waals surface area contributed by atoms with Gasteiger partial charge in [0.1, 0.15) is 6.04 Å². The van der Waals surface area contributed by atoms with Crippen molar-refractivity contribution < 1.29 is 33.6 Å². The van der Waals surface area contributed by atoms with Crippen LogP contribution >= 0.6 is 0 Å². The van der Waals surface area contributed by atoms with Crippen LogP contribution in [0, 0.1) is 0 Å². The molecule has 0 aliphatic heterocycles. The quantitative estimate of drug-likeness (QED) is 0.695. The molecule has 23 heavy (non-hydrogen) atoms. The largest absolute Gasteiger partial charge is 0.493 e. The zero-order valence-electron chi connectivity index (χ0n) is 13.5. The van der Waals surface area contributed by atoms with Gasteiger partial charge < -0.3 is 29.4 Å². The van der Waals surface area contributed by atoms with Crippen molar-refractivity contribution in [2.24, 2.45) is 0 Å². The van der Waals surface area contributed by atoms with Crippen molar-refractivity contribution in [1.29, 1.82) is 0 Å². The van der Waals surface area contributed by atoms with Gasteiger partial charge >= 0.3 is 5.97 Å². The fraction of sp³-hybridized carbons (Fsp3) is 0.467. The number of carboxylic acid groups (broad SMARTS) is 1. The third kappa shape index (κ3) is 4.75. The summed E-state index contributed by atoms with van der Waals surface area (Å²) in [5.74, 6) is -0.738. The number of hydrogen-bond acceptors (Lipinski definition) is 6. The van der Waals surface area contributed by atoms with Crippen molar-refractivity contribution in [3.8, 4) is 17.2 Å². The lowest BCUT2D eigenvalue weighted by Crippen LogP contribution is -2.41. The van der Waals surface area contributed by atoms with Crippen LogP contribution in [0.3, 0.4) is 0 Å². The van der Waals surface area contributed by atoms with E-state index in [1.807, 2.05) is 0 Å². The number of nitrogens with one attached hydrogen (secondary N) is 1. The standard InChI is InChI=1S/C15H21NO7/c1-20-6-5-10(15(18)19)16-14(17)9-7-11(21-2)13(23-4)12(8-9)22-3/h7-8,10H,5-6H2,1-4H3,(H,16,17)(H,18,19).